The van der Waals surface area contributed by atoms with Crippen LogP contribution in [0, 0.1) is 0 Å². The molecule has 0 aliphatic carbocycles. The minimum absolute atomic E-state index is 0.0143. The first-order valence-electron chi connectivity index (χ1n) is 5.58. The summed E-state index contributed by atoms with van der Waals surface area (Å²) in [6.07, 6.45) is 1.44. The van der Waals surface area contributed by atoms with E-state index in [-0.39, 0.29) is 5.69 Å². The van der Waals surface area contributed by atoms with Crippen LogP contribution in [0.3, 0.4) is 0 Å². The molecule has 2 N–H and O–H groups in total. The number of rotatable bonds is 8. The normalized spacial score (nSPS) is 12.6. The second-order valence-corrected chi connectivity index (χ2v) is 5.01. The lowest BCUT2D eigenvalue weighted by Gasteiger charge is -2.12. The highest BCUT2D eigenvalue weighted by Crippen LogP contribution is 2.00. The zero-order chi connectivity index (χ0) is 12.7. The van der Waals surface area contributed by atoms with Gasteiger partial charge < -0.3 is 10.4 Å². The Balaban J connectivity index is 2.23. The SMILES string of the molecule is CCSCC(C)NCCn1cc(C(=O)O)nn1. The third kappa shape index (κ3) is 5.18. The fraction of sp³-hybridized carbons (Fsp3) is 0.700. The average Bonchev–Trinajstić information content (AvgIpc) is 2.75. The molecule has 0 spiro atoms. The maximum atomic E-state index is 10.6. The minimum Gasteiger partial charge on any atom is -0.476 e. The van der Waals surface area contributed by atoms with E-state index in [1.807, 2.05) is 11.8 Å². The van der Waals surface area contributed by atoms with E-state index in [4.69, 9.17) is 5.11 Å². The molecule has 1 heterocycles. The van der Waals surface area contributed by atoms with Gasteiger partial charge >= 0.3 is 5.97 Å². The van der Waals surface area contributed by atoms with Gasteiger partial charge in [-0.15, -0.1) is 5.10 Å². The van der Waals surface area contributed by atoms with E-state index >= 15 is 0 Å². The fourth-order valence-electron chi connectivity index (χ4n) is 1.28. The number of carboxylic acid groups (broad SMARTS) is 1. The zero-order valence-corrected chi connectivity index (χ0v) is 10.9. The Morgan fingerprint density at radius 3 is 3.06 bits per heavy atom. The molecule has 0 radical (unpaired) electrons. The van der Waals surface area contributed by atoms with Crippen LogP contribution in [0.4, 0.5) is 0 Å². The quantitative estimate of drug-likeness (QED) is 0.715. The second-order valence-electron chi connectivity index (χ2n) is 3.69. The molecule has 1 aromatic rings. The van der Waals surface area contributed by atoms with Crippen molar-refractivity contribution in [2.24, 2.45) is 0 Å². The van der Waals surface area contributed by atoms with Crippen molar-refractivity contribution >= 4 is 17.7 Å². The molecular formula is C10H18N4O2S. The number of aromatic nitrogens is 3. The third-order valence-corrected chi connectivity index (χ3v) is 3.31. The van der Waals surface area contributed by atoms with Crippen molar-refractivity contribution in [1.29, 1.82) is 0 Å². The highest BCUT2D eigenvalue weighted by atomic mass is 32.2. The van der Waals surface area contributed by atoms with Crippen LogP contribution in [0.1, 0.15) is 24.3 Å². The molecule has 0 bridgehead atoms. The van der Waals surface area contributed by atoms with Crippen molar-refractivity contribution in [3.05, 3.63) is 11.9 Å². The monoisotopic (exact) mass is 258 g/mol. The Kier molecular flexibility index (Phi) is 5.99. The topological polar surface area (TPSA) is 80.0 Å². The third-order valence-electron chi connectivity index (χ3n) is 2.16. The smallest absolute Gasteiger partial charge is 0.358 e. The van der Waals surface area contributed by atoms with Gasteiger partial charge in [0.25, 0.3) is 0 Å². The van der Waals surface area contributed by atoms with Gasteiger partial charge in [0, 0.05) is 18.3 Å². The first kappa shape index (κ1) is 14.0. The summed E-state index contributed by atoms with van der Waals surface area (Å²) in [5.41, 5.74) is -0.0143. The Morgan fingerprint density at radius 1 is 1.71 bits per heavy atom. The molecule has 0 aliphatic rings. The number of carbonyl (C=O) groups is 1. The zero-order valence-electron chi connectivity index (χ0n) is 10.1. The van der Waals surface area contributed by atoms with E-state index in [0.29, 0.717) is 12.6 Å². The molecule has 17 heavy (non-hydrogen) atoms. The molecule has 1 rings (SSSR count). The molecular weight excluding hydrogens is 240 g/mol. The summed E-state index contributed by atoms with van der Waals surface area (Å²) in [5, 5.41) is 19.3. The Morgan fingerprint density at radius 2 is 2.47 bits per heavy atom. The van der Waals surface area contributed by atoms with Crippen molar-refractivity contribution in [3.8, 4) is 0 Å². The van der Waals surface area contributed by atoms with Crippen molar-refractivity contribution in [2.45, 2.75) is 26.4 Å². The predicted octanol–water partition coefficient (Wildman–Crippen LogP) is 0.708. The lowest BCUT2D eigenvalue weighted by molar-refractivity contribution is 0.0690. The van der Waals surface area contributed by atoms with Gasteiger partial charge in [0.15, 0.2) is 5.69 Å². The highest BCUT2D eigenvalue weighted by Gasteiger charge is 2.07. The predicted molar refractivity (Wildman–Crippen MR) is 67.4 cm³/mol. The summed E-state index contributed by atoms with van der Waals surface area (Å²) in [5.74, 6) is 1.16. The van der Waals surface area contributed by atoms with Gasteiger partial charge in [-0.2, -0.15) is 11.8 Å². The highest BCUT2D eigenvalue weighted by molar-refractivity contribution is 7.99. The van der Waals surface area contributed by atoms with Crippen LogP contribution in [0.2, 0.25) is 0 Å². The summed E-state index contributed by atoms with van der Waals surface area (Å²) in [7, 11) is 0. The second kappa shape index (κ2) is 7.29. The largest absolute Gasteiger partial charge is 0.476 e. The summed E-state index contributed by atoms with van der Waals surface area (Å²) >= 11 is 1.90. The van der Waals surface area contributed by atoms with Gasteiger partial charge in [-0.05, 0) is 12.7 Å². The van der Waals surface area contributed by atoms with Crippen molar-refractivity contribution in [2.75, 3.05) is 18.1 Å². The van der Waals surface area contributed by atoms with Gasteiger partial charge in [0.2, 0.25) is 0 Å². The van der Waals surface area contributed by atoms with Gasteiger partial charge in [-0.25, -0.2) is 4.79 Å². The Hall–Kier alpha value is -1.08. The standard InChI is InChI=1S/C10H18N4O2S/c1-3-17-7-8(2)11-4-5-14-6-9(10(15)16)12-13-14/h6,8,11H,3-5,7H2,1-2H3,(H,15,16). The number of thioether (sulfide) groups is 1. The van der Waals surface area contributed by atoms with Crippen LogP contribution in [0.25, 0.3) is 0 Å². The maximum Gasteiger partial charge on any atom is 0.358 e. The summed E-state index contributed by atoms with van der Waals surface area (Å²) in [4.78, 5) is 10.6. The van der Waals surface area contributed by atoms with Crippen molar-refractivity contribution < 1.29 is 9.90 Å². The van der Waals surface area contributed by atoms with Crippen LogP contribution in [-0.2, 0) is 6.54 Å². The molecule has 0 amide bonds. The lowest BCUT2D eigenvalue weighted by Crippen LogP contribution is -2.31. The first-order chi connectivity index (χ1) is 8.13. The van der Waals surface area contributed by atoms with E-state index in [1.54, 1.807) is 0 Å². The van der Waals surface area contributed by atoms with E-state index in [1.165, 1.54) is 10.9 Å². The van der Waals surface area contributed by atoms with Gasteiger partial charge in [-0.3, -0.25) is 4.68 Å². The van der Waals surface area contributed by atoms with Crippen LogP contribution in [0.5, 0.6) is 0 Å². The summed E-state index contributed by atoms with van der Waals surface area (Å²) in [6.45, 7) is 5.65. The minimum atomic E-state index is -1.04. The van der Waals surface area contributed by atoms with Crippen LogP contribution >= 0.6 is 11.8 Å². The summed E-state index contributed by atoms with van der Waals surface area (Å²) < 4.78 is 1.54. The average molecular weight is 258 g/mol. The van der Waals surface area contributed by atoms with Crippen LogP contribution in [0.15, 0.2) is 6.20 Å². The number of nitrogens with one attached hydrogen (secondary N) is 1. The molecule has 1 atom stereocenters. The number of carboxylic acids is 1. The molecule has 96 valence electrons. The number of hydrogen-bond acceptors (Lipinski definition) is 5. The Bertz CT molecular complexity index is 356. The fourth-order valence-corrected chi connectivity index (χ4v) is 1.99. The number of aromatic carboxylic acids is 1. The number of nitrogens with zero attached hydrogens (tertiary/aromatic N) is 3. The van der Waals surface area contributed by atoms with E-state index in [0.717, 1.165) is 18.1 Å². The Labute approximate surface area is 105 Å². The van der Waals surface area contributed by atoms with Gasteiger partial charge in [0.1, 0.15) is 0 Å². The van der Waals surface area contributed by atoms with Gasteiger partial charge in [-0.1, -0.05) is 12.1 Å². The van der Waals surface area contributed by atoms with Gasteiger partial charge in [0.05, 0.1) is 12.7 Å². The molecule has 0 saturated carbocycles. The molecule has 1 aromatic heterocycles. The van der Waals surface area contributed by atoms with E-state index in [9.17, 15) is 4.79 Å². The van der Waals surface area contributed by atoms with E-state index in [2.05, 4.69) is 29.5 Å². The molecule has 0 aromatic carbocycles. The molecule has 6 nitrogen and oxygen atoms in total. The van der Waals surface area contributed by atoms with Crippen LogP contribution in [-0.4, -0.2) is 50.2 Å². The molecule has 7 heteroatoms. The molecule has 0 saturated heterocycles. The molecule has 1 unspecified atom stereocenters. The number of hydrogen-bond donors (Lipinski definition) is 2. The van der Waals surface area contributed by atoms with E-state index < -0.39 is 5.97 Å². The molecule has 0 aliphatic heterocycles. The maximum absolute atomic E-state index is 10.6. The van der Waals surface area contributed by atoms with Crippen LogP contribution < -0.4 is 5.32 Å². The lowest BCUT2D eigenvalue weighted by atomic mass is 10.4. The summed E-state index contributed by atoms with van der Waals surface area (Å²) in [6, 6.07) is 0.447. The molecule has 0 fully saturated rings. The first-order valence-corrected chi connectivity index (χ1v) is 6.73. The van der Waals surface area contributed by atoms with Crippen molar-refractivity contribution in [3.63, 3.8) is 0 Å². The van der Waals surface area contributed by atoms with Crippen molar-refractivity contribution in [1.82, 2.24) is 20.3 Å².